The van der Waals surface area contributed by atoms with Crippen LogP contribution < -0.4 is 0 Å². The van der Waals surface area contributed by atoms with Gasteiger partial charge in [-0.25, -0.2) is 0 Å². The van der Waals surface area contributed by atoms with Crippen LogP contribution in [0, 0.1) is 6.92 Å². The Bertz CT molecular complexity index is 573. The monoisotopic (exact) mass is 252 g/mol. The van der Waals surface area contributed by atoms with Crippen molar-refractivity contribution < 1.29 is 4.74 Å². The van der Waals surface area contributed by atoms with Crippen LogP contribution in [0.2, 0.25) is 0 Å². The summed E-state index contributed by atoms with van der Waals surface area (Å²) in [6.07, 6.45) is 7.97. The molecule has 1 nitrogen and oxygen atoms in total. The summed E-state index contributed by atoms with van der Waals surface area (Å²) in [6, 6.07) is 6.29. The topological polar surface area (TPSA) is 9.23 Å². The quantitative estimate of drug-likeness (QED) is 0.740. The van der Waals surface area contributed by atoms with Crippen LogP contribution in [0.25, 0.3) is 11.6 Å². The standard InChI is InChI=1S/C18H20O/c1-5-17-13(2)7-6-8-18(17)14(3)15-9-11-16(19-4)12-10-15/h5-9,11H,1,3,10,12H2,2,4H3. The summed E-state index contributed by atoms with van der Waals surface area (Å²) in [5.74, 6) is 1.03. The molecular weight excluding hydrogens is 232 g/mol. The predicted molar refractivity (Wildman–Crippen MR) is 82.7 cm³/mol. The van der Waals surface area contributed by atoms with Crippen molar-refractivity contribution in [3.05, 3.63) is 71.5 Å². The van der Waals surface area contributed by atoms with Gasteiger partial charge >= 0.3 is 0 Å². The van der Waals surface area contributed by atoms with Gasteiger partial charge in [0.05, 0.1) is 12.9 Å². The third-order valence-electron chi connectivity index (χ3n) is 3.61. The first kappa shape index (κ1) is 13.4. The molecule has 0 amide bonds. The lowest BCUT2D eigenvalue weighted by Crippen LogP contribution is -1.99. The van der Waals surface area contributed by atoms with E-state index < -0.39 is 0 Å². The fourth-order valence-electron chi connectivity index (χ4n) is 2.43. The number of methoxy groups -OCH3 is 1. The average molecular weight is 252 g/mol. The van der Waals surface area contributed by atoms with Crippen LogP contribution in [0.1, 0.15) is 29.5 Å². The van der Waals surface area contributed by atoms with Crippen molar-refractivity contribution in [1.29, 1.82) is 0 Å². The van der Waals surface area contributed by atoms with Crippen molar-refractivity contribution in [2.75, 3.05) is 7.11 Å². The first-order valence-corrected chi connectivity index (χ1v) is 6.52. The van der Waals surface area contributed by atoms with Crippen molar-refractivity contribution in [2.24, 2.45) is 0 Å². The molecule has 1 aromatic carbocycles. The van der Waals surface area contributed by atoms with E-state index >= 15 is 0 Å². The summed E-state index contributed by atoms with van der Waals surface area (Å²) in [7, 11) is 1.72. The molecule has 0 atom stereocenters. The van der Waals surface area contributed by atoms with Crippen molar-refractivity contribution in [2.45, 2.75) is 19.8 Å². The number of benzene rings is 1. The third-order valence-corrected chi connectivity index (χ3v) is 3.61. The zero-order valence-corrected chi connectivity index (χ0v) is 11.7. The van der Waals surface area contributed by atoms with Crippen LogP contribution >= 0.6 is 0 Å². The van der Waals surface area contributed by atoms with Gasteiger partial charge in [-0.15, -0.1) is 0 Å². The highest BCUT2D eigenvalue weighted by molar-refractivity contribution is 5.83. The zero-order valence-electron chi connectivity index (χ0n) is 11.7. The third kappa shape index (κ3) is 2.70. The lowest BCUT2D eigenvalue weighted by atomic mass is 9.88. The Morgan fingerprint density at radius 1 is 1.26 bits per heavy atom. The van der Waals surface area contributed by atoms with E-state index in [0.29, 0.717) is 0 Å². The summed E-state index contributed by atoms with van der Waals surface area (Å²) in [6.45, 7) is 10.3. The number of ether oxygens (including phenoxy) is 1. The molecule has 0 saturated heterocycles. The second-order valence-corrected chi connectivity index (χ2v) is 4.75. The molecule has 0 aliphatic heterocycles. The van der Waals surface area contributed by atoms with Crippen LogP contribution in [0.4, 0.5) is 0 Å². The Kier molecular flexibility index (Phi) is 4.06. The Morgan fingerprint density at radius 2 is 2.05 bits per heavy atom. The Balaban J connectivity index is 2.36. The van der Waals surface area contributed by atoms with Crippen molar-refractivity contribution in [3.8, 4) is 0 Å². The summed E-state index contributed by atoms with van der Waals surface area (Å²) < 4.78 is 5.26. The van der Waals surface area contributed by atoms with E-state index in [9.17, 15) is 0 Å². The van der Waals surface area contributed by atoms with Crippen molar-refractivity contribution in [3.63, 3.8) is 0 Å². The smallest absolute Gasteiger partial charge is 0.0958 e. The molecule has 1 aliphatic carbocycles. The fourth-order valence-corrected chi connectivity index (χ4v) is 2.43. The summed E-state index contributed by atoms with van der Waals surface area (Å²) >= 11 is 0. The van der Waals surface area contributed by atoms with Gasteiger partial charge in [-0.05, 0) is 47.3 Å². The predicted octanol–water partition coefficient (Wildman–Crippen LogP) is 4.90. The molecule has 0 fully saturated rings. The van der Waals surface area contributed by atoms with Crippen LogP contribution in [-0.4, -0.2) is 7.11 Å². The van der Waals surface area contributed by atoms with Crippen LogP contribution in [0.5, 0.6) is 0 Å². The second-order valence-electron chi connectivity index (χ2n) is 4.75. The molecule has 1 heteroatoms. The number of rotatable bonds is 4. The van der Waals surface area contributed by atoms with Crippen molar-refractivity contribution in [1.82, 2.24) is 0 Å². The van der Waals surface area contributed by atoms with Crippen LogP contribution in [0.3, 0.4) is 0 Å². The molecule has 19 heavy (non-hydrogen) atoms. The minimum Gasteiger partial charge on any atom is -0.501 e. The Labute approximate surface area is 115 Å². The average Bonchev–Trinajstić information content (AvgIpc) is 2.46. The van der Waals surface area contributed by atoms with Crippen LogP contribution in [-0.2, 0) is 4.74 Å². The van der Waals surface area contributed by atoms with Gasteiger partial charge < -0.3 is 4.74 Å². The minimum atomic E-state index is 0.941. The largest absolute Gasteiger partial charge is 0.501 e. The maximum atomic E-state index is 5.26. The molecule has 0 unspecified atom stereocenters. The molecule has 2 rings (SSSR count). The molecule has 0 bridgehead atoms. The van der Waals surface area contributed by atoms with Gasteiger partial charge in [0.25, 0.3) is 0 Å². The zero-order chi connectivity index (χ0) is 13.8. The number of aryl methyl sites for hydroxylation is 1. The maximum Gasteiger partial charge on any atom is 0.0958 e. The lowest BCUT2D eigenvalue weighted by molar-refractivity contribution is 0.276. The molecule has 1 aromatic rings. The van der Waals surface area contributed by atoms with Gasteiger partial charge in [-0.2, -0.15) is 0 Å². The van der Waals surface area contributed by atoms with Crippen molar-refractivity contribution >= 4 is 11.6 Å². The molecule has 1 aliphatic rings. The van der Waals surface area contributed by atoms with Gasteiger partial charge in [0, 0.05) is 6.42 Å². The van der Waals surface area contributed by atoms with Gasteiger partial charge in [0.2, 0.25) is 0 Å². The van der Waals surface area contributed by atoms with E-state index in [2.05, 4.69) is 44.4 Å². The highest BCUT2D eigenvalue weighted by Gasteiger charge is 2.13. The number of hydrogen-bond donors (Lipinski definition) is 0. The summed E-state index contributed by atoms with van der Waals surface area (Å²) in [5.41, 5.74) is 5.95. The molecule has 0 aromatic heterocycles. The molecule has 98 valence electrons. The maximum absolute atomic E-state index is 5.26. The van der Waals surface area contributed by atoms with E-state index in [1.807, 2.05) is 12.2 Å². The Morgan fingerprint density at radius 3 is 2.63 bits per heavy atom. The van der Waals surface area contributed by atoms with E-state index in [1.165, 1.54) is 22.3 Å². The summed E-state index contributed by atoms with van der Waals surface area (Å²) in [4.78, 5) is 0. The number of allylic oxidation sites excluding steroid dienone is 5. The van der Waals surface area contributed by atoms with Gasteiger partial charge in [-0.3, -0.25) is 0 Å². The fraction of sp³-hybridized carbons (Fsp3) is 0.222. The van der Waals surface area contributed by atoms with E-state index in [1.54, 1.807) is 7.11 Å². The molecule has 0 N–H and O–H groups in total. The SMILES string of the molecule is C=Cc1c(C)cccc1C(=C)C1=CC=C(OC)CC1. The summed E-state index contributed by atoms with van der Waals surface area (Å²) in [5, 5.41) is 0. The highest BCUT2D eigenvalue weighted by atomic mass is 16.5. The molecule has 0 radical (unpaired) electrons. The molecule has 0 heterocycles. The van der Waals surface area contributed by atoms with E-state index in [4.69, 9.17) is 4.74 Å². The van der Waals surface area contributed by atoms with Gasteiger partial charge in [-0.1, -0.05) is 43.5 Å². The van der Waals surface area contributed by atoms with E-state index in [0.717, 1.165) is 24.2 Å². The molecule has 0 spiro atoms. The first-order chi connectivity index (χ1) is 9.17. The number of hydrogen-bond acceptors (Lipinski definition) is 1. The highest BCUT2D eigenvalue weighted by Crippen LogP contribution is 2.32. The second kappa shape index (κ2) is 5.75. The van der Waals surface area contributed by atoms with E-state index in [-0.39, 0.29) is 0 Å². The lowest BCUT2D eigenvalue weighted by Gasteiger charge is -2.18. The normalized spacial score (nSPS) is 14.4. The minimum absolute atomic E-state index is 0.941. The van der Waals surface area contributed by atoms with Gasteiger partial charge in [0.1, 0.15) is 0 Å². The first-order valence-electron chi connectivity index (χ1n) is 6.52. The van der Waals surface area contributed by atoms with Crippen LogP contribution in [0.15, 0.2) is 54.8 Å². The van der Waals surface area contributed by atoms with Gasteiger partial charge in [0.15, 0.2) is 0 Å². The Hall–Kier alpha value is -2.02. The molecule has 0 saturated carbocycles. The molecular formula is C18H20O.